The summed E-state index contributed by atoms with van der Waals surface area (Å²) in [5.41, 5.74) is 2.78. The molecule has 0 saturated carbocycles. The standard InChI is InChI=1S/C22H29N5O3/c28-19-5-4-18(21(29)24-19)27-14-17-3-1-2-16(20(17)22(27)30)13-26-8-6-25(7-9-26)12-15-10-23-11-15/h1-3,15,18,23H,4-14H2,(H,24,28,29). The van der Waals surface area contributed by atoms with Crippen LogP contribution in [0.3, 0.4) is 0 Å². The van der Waals surface area contributed by atoms with Crippen LogP contribution in [0, 0.1) is 5.92 Å². The molecule has 1 aromatic carbocycles. The van der Waals surface area contributed by atoms with E-state index in [9.17, 15) is 14.4 Å². The highest BCUT2D eigenvalue weighted by Crippen LogP contribution is 2.30. The van der Waals surface area contributed by atoms with Crippen LogP contribution in [-0.2, 0) is 22.7 Å². The van der Waals surface area contributed by atoms with Crippen LogP contribution < -0.4 is 10.6 Å². The quantitative estimate of drug-likeness (QED) is 0.652. The minimum atomic E-state index is -0.556. The lowest BCUT2D eigenvalue weighted by Crippen LogP contribution is -2.53. The summed E-state index contributed by atoms with van der Waals surface area (Å²) in [7, 11) is 0. The summed E-state index contributed by atoms with van der Waals surface area (Å²) in [6, 6.07) is 5.47. The van der Waals surface area contributed by atoms with Gasteiger partial charge in [-0.3, -0.25) is 24.6 Å². The number of benzene rings is 1. The Kier molecular flexibility index (Phi) is 5.30. The molecule has 0 bridgehead atoms. The van der Waals surface area contributed by atoms with Gasteiger partial charge < -0.3 is 15.1 Å². The van der Waals surface area contributed by atoms with E-state index in [4.69, 9.17) is 0 Å². The molecule has 3 amide bonds. The lowest BCUT2D eigenvalue weighted by molar-refractivity contribution is -0.136. The van der Waals surface area contributed by atoms with Crippen molar-refractivity contribution >= 4 is 17.7 Å². The van der Waals surface area contributed by atoms with Crippen molar-refractivity contribution in [1.82, 2.24) is 25.3 Å². The van der Waals surface area contributed by atoms with Crippen LogP contribution in [-0.4, -0.2) is 84.3 Å². The molecule has 3 saturated heterocycles. The van der Waals surface area contributed by atoms with Gasteiger partial charge in [0.15, 0.2) is 0 Å². The molecule has 0 spiro atoms. The fourth-order valence-electron chi connectivity index (χ4n) is 5.04. The number of piperazine rings is 1. The highest BCUT2D eigenvalue weighted by molar-refractivity contribution is 6.05. The number of fused-ring (bicyclic) bond motifs is 1. The summed E-state index contributed by atoms with van der Waals surface area (Å²) in [4.78, 5) is 43.6. The van der Waals surface area contributed by atoms with E-state index in [-0.39, 0.29) is 24.1 Å². The molecule has 8 heteroatoms. The average Bonchev–Trinajstić information content (AvgIpc) is 3.03. The van der Waals surface area contributed by atoms with Crippen LogP contribution >= 0.6 is 0 Å². The Labute approximate surface area is 176 Å². The number of amides is 3. The molecule has 1 unspecified atom stereocenters. The molecule has 160 valence electrons. The van der Waals surface area contributed by atoms with Crippen LogP contribution in [0.25, 0.3) is 0 Å². The predicted molar refractivity (Wildman–Crippen MR) is 111 cm³/mol. The van der Waals surface area contributed by atoms with Gasteiger partial charge in [-0.05, 0) is 23.5 Å². The first-order valence-electron chi connectivity index (χ1n) is 11.0. The molecule has 1 atom stereocenters. The van der Waals surface area contributed by atoms with E-state index in [0.717, 1.165) is 68.4 Å². The van der Waals surface area contributed by atoms with Crippen molar-refractivity contribution in [2.75, 3.05) is 45.8 Å². The molecule has 2 N–H and O–H groups in total. The maximum absolute atomic E-state index is 13.2. The fraction of sp³-hybridized carbons (Fsp3) is 0.591. The van der Waals surface area contributed by atoms with Gasteiger partial charge in [-0.2, -0.15) is 0 Å². The van der Waals surface area contributed by atoms with Gasteiger partial charge in [0.25, 0.3) is 5.91 Å². The third kappa shape index (κ3) is 3.75. The maximum atomic E-state index is 13.2. The number of nitrogens with one attached hydrogen (secondary N) is 2. The molecule has 8 nitrogen and oxygen atoms in total. The minimum absolute atomic E-state index is 0.0776. The molecule has 0 radical (unpaired) electrons. The summed E-state index contributed by atoms with van der Waals surface area (Å²) in [5, 5.41) is 5.71. The summed E-state index contributed by atoms with van der Waals surface area (Å²) in [6.07, 6.45) is 0.683. The van der Waals surface area contributed by atoms with Crippen LogP contribution in [0.4, 0.5) is 0 Å². The number of carbonyl (C=O) groups is 3. The van der Waals surface area contributed by atoms with Gasteiger partial charge in [0.1, 0.15) is 6.04 Å². The second-order valence-corrected chi connectivity index (χ2v) is 8.95. The van der Waals surface area contributed by atoms with Crippen LogP contribution in [0.2, 0.25) is 0 Å². The highest BCUT2D eigenvalue weighted by atomic mass is 16.2. The van der Waals surface area contributed by atoms with E-state index in [1.54, 1.807) is 4.90 Å². The summed E-state index contributed by atoms with van der Waals surface area (Å²) < 4.78 is 0. The number of piperidine rings is 1. The molecule has 4 heterocycles. The van der Waals surface area contributed by atoms with E-state index in [0.29, 0.717) is 13.0 Å². The molecule has 5 rings (SSSR count). The number of hydrogen-bond donors (Lipinski definition) is 2. The number of imide groups is 1. The van der Waals surface area contributed by atoms with Gasteiger partial charge >= 0.3 is 0 Å². The number of rotatable bonds is 5. The van der Waals surface area contributed by atoms with E-state index in [1.165, 1.54) is 6.54 Å². The molecule has 4 aliphatic rings. The normalized spacial score (nSPS) is 25.9. The van der Waals surface area contributed by atoms with Crippen molar-refractivity contribution < 1.29 is 14.4 Å². The number of nitrogens with zero attached hydrogens (tertiary/aromatic N) is 3. The predicted octanol–water partition coefficient (Wildman–Crippen LogP) is -0.215. The van der Waals surface area contributed by atoms with E-state index in [2.05, 4.69) is 20.4 Å². The van der Waals surface area contributed by atoms with Crippen LogP contribution in [0.1, 0.15) is 34.3 Å². The van der Waals surface area contributed by atoms with Gasteiger partial charge in [0.2, 0.25) is 11.8 Å². The first-order valence-corrected chi connectivity index (χ1v) is 11.0. The molecule has 4 aliphatic heterocycles. The first kappa shape index (κ1) is 19.7. The molecule has 0 aliphatic carbocycles. The van der Waals surface area contributed by atoms with Gasteiger partial charge in [-0.15, -0.1) is 0 Å². The molecular formula is C22H29N5O3. The minimum Gasteiger partial charge on any atom is -0.322 e. The van der Waals surface area contributed by atoms with E-state index in [1.807, 2.05) is 18.2 Å². The largest absolute Gasteiger partial charge is 0.322 e. The van der Waals surface area contributed by atoms with Gasteiger partial charge in [-0.25, -0.2) is 0 Å². The van der Waals surface area contributed by atoms with Crippen LogP contribution in [0.15, 0.2) is 18.2 Å². The molecular weight excluding hydrogens is 382 g/mol. The SMILES string of the molecule is O=C1CCC(N2Cc3cccc(CN4CCN(CC5CNC5)CC4)c3C2=O)C(=O)N1. The zero-order valence-corrected chi connectivity index (χ0v) is 17.2. The smallest absolute Gasteiger partial charge is 0.255 e. The van der Waals surface area contributed by atoms with Crippen molar-refractivity contribution in [1.29, 1.82) is 0 Å². The fourth-order valence-corrected chi connectivity index (χ4v) is 5.04. The lowest BCUT2D eigenvalue weighted by atomic mass is 10.0. The summed E-state index contributed by atoms with van der Waals surface area (Å²) in [6.45, 7) is 8.83. The molecule has 1 aromatic rings. The number of hydrogen-bond acceptors (Lipinski definition) is 6. The topological polar surface area (TPSA) is 85.0 Å². The monoisotopic (exact) mass is 411 g/mol. The van der Waals surface area contributed by atoms with Crippen molar-refractivity contribution in [2.24, 2.45) is 5.92 Å². The average molecular weight is 412 g/mol. The van der Waals surface area contributed by atoms with Gasteiger partial charge in [0, 0.05) is 70.9 Å². The molecule has 30 heavy (non-hydrogen) atoms. The van der Waals surface area contributed by atoms with E-state index >= 15 is 0 Å². The summed E-state index contributed by atoms with van der Waals surface area (Å²) >= 11 is 0. The second kappa shape index (κ2) is 8.09. The summed E-state index contributed by atoms with van der Waals surface area (Å²) in [5.74, 6) is 0.108. The van der Waals surface area contributed by atoms with Crippen molar-refractivity contribution in [3.63, 3.8) is 0 Å². The Morgan fingerprint density at radius 3 is 2.47 bits per heavy atom. The highest BCUT2D eigenvalue weighted by Gasteiger charge is 2.40. The third-order valence-corrected chi connectivity index (χ3v) is 6.88. The van der Waals surface area contributed by atoms with Crippen molar-refractivity contribution in [3.8, 4) is 0 Å². The van der Waals surface area contributed by atoms with Crippen molar-refractivity contribution in [3.05, 3.63) is 34.9 Å². The molecule has 0 aromatic heterocycles. The Hall–Kier alpha value is -2.29. The molecule has 3 fully saturated rings. The first-order chi connectivity index (χ1) is 14.6. The third-order valence-electron chi connectivity index (χ3n) is 6.88. The Morgan fingerprint density at radius 1 is 1.00 bits per heavy atom. The zero-order chi connectivity index (χ0) is 20.7. The number of carbonyl (C=O) groups excluding carboxylic acids is 3. The van der Waals surface area contributed by atoms with E-state index < -0.39 is 6.04 Å². The van der Waals surface area contributed by atoms with Crippen molar-refractivity contribution in [2.45, 2.75) is 32.0 Å². The second-order valence-electron chi connectivity index (χ2n) is 8.95. The maximum Gasteiger partial charge on any atom is 0.255 e. The van der Waals surface area contributed by atoms with Gasteiger partial charge in [-0.1, -0.05) is 18.2 Å². The van der Waals surface area contributed by atoms with Crippen LogP contribution in [0.5, 0.6) is 0 Å². The Balaban J connectivity index is 1.24. The lowest BCUT2D eigenvalue weighted by Gasteiger charge is -2.39. The Morgan fingerprint density at radius 2 is 1.77 bits per heavy atom. The zero-order valence-electron chi connectivity index (χ0n) is 17.2. The van der Waals surface area contributed by atoms with Gasteiger partial charge in [0.05, 0.1) is 0 Å². The Bertz CT molecular complexity index is 860.